The fourth-order valence-electron chi connectivity index (χ4n) is 2.54. The standard InChI is InChI=1S/C13H18N4OS/c1-8-6-17(7-9(2)18-8)11-10-4-5-19-12(10)16-13(14-3)15-11/h4-5,8-9H,6-7H2,1-3H3,(H,14,15,16)/t8-,9+. The van der Waals surface area contributed by atoms with Crippen molar-refractivity contribution < 1.29 is 4.74 Å². The lowest BCUT2D eigenvalue weighted by Crippen LogP contribution is -2.46. The van der Waals surface area contributed by atoms with Crippen LogP contribution < -0.4 is 10.2 Å². The molecule has 2 aromatic heterocycles. The van der Waals surface area contributed by atoms with Gasteiger partial charge in [0.2, 0.25) is 5.95 Å². The van der Waals surface area contributed by atoms with Crippen LogP contribution in [0, 0.1) is 0 Å². The average molecular weight is 278 g/mol. The maximum Gasteiger partial charge on any atom is 0.225 e. The highest BCUT2D eigenvalue weighted by Crippen LogP contribution is 2.30. The van der Waals surface area contributed by atoms with Gasteiger partial charge in [-0.25, -0.2) is 4.98 Å². The number of nitrogens with zero attached hydrogens (tertiary/aromatic N) is 3. The molecular formula is C13H18N4OS. The fraction of sp³-hybridized carbons (Fsp3) is 0.538. The van der Waals surface area contributed by atoms with Crippen LogP contribution in [0.3, 0.4) is 0 Å². The summed E-state index contributed by atoms with van der Waals surface area (Å²) in [5.74, 6) is 1.69. The van der Waals surface area contributed by atoms with Crippen molar-refractivity contribution in [3.8, 4) is 0 Å². The molecule has 0 aromatic carbocycles. The molecule has 2 atom stereocenters. The molecule has 1 fully saturated rings. The highest BCUT2D eigenvalue weighted by Gasteiger charge is 2.25. The first-order valence-electron chi connectivity index (χ1n) is 6.50. The molecule has 0 aliphatic carbocycles. The van der Waals surface area contributed by atoms with E-state index in [0.717, 1.165) is 29.1 Å². The highest BCUT2D eigenvalue weighted by molar-refractivity contribution is 7.16. The number of morpholine rings is 1. The highest BCUT2D eigenvalue weighted by atomic mass is 32.1. The first kappa shape index (κ1) is 12.6. The van der Waals surface area contributed by atoms with E-state index in [-0.39, 0.29) is 12.2 Å². The Labute approximate surface area is 116 Å². The number of thiophene rings is 1. The van der Waals surface area contributed by atoms with Gasteiger partial charge in [0.25, 0.3) is 0 Å². The predicted molar refractivity (Wildman–Crippen MR) is 79.2 cm³/mol. The lowest BCUT2D eigenvalue weighted by atomic mass is 10.2. The molecule has 3 heterocycles. The third kappa shape index (κ3) is 2.37. The maximum atomic E-state index is 5.79. The second kappa shape index (κ2) is 4.94. The Morgan fingerprint density at radius 1 is 1.32 bits per heavy atom. The predicted octanol–water partition coefficient (Wildman–Crippen LogP) is 2.35. The Hall–Kier alpha value is -1.40. The summed E-state index contributed by atoms with van der Waals surface area (Å²) in [7, 11) is 1.85. The number of rotatable bonds is 2. The van der Waals surface area contributed by atoms with Gasteiger partial charge in [-0.15, -0.1) is 11.3 Å². The van der Waals surface area contributed by atoms with Gasteiger partial charge in [-0.3, -0.25) is 0 Å². The molecule has 19 heavy (non-hydrogen) atoms. The number of hydrogen-bond donors (Lipinski definition) is 1. The largest absolute Gasteiger partial charge is 0.372 e. The summed E-state index contributed by atoms with van der Waals surface area (Å²) in [5, 5.41) is 6.23. The molecule has 1 aliphatic heterocycles. The smallest absolute Gasteiger partial charge is 0.225 e. The van der Waals surface area contributed by atoms with Gasteiger partial charge in [-0.05, 0) is 25.3 Å². The van der Waals surface area contributed by atoms with E-state index in [1.165, 1.54) is 0 Å². The molecule has 0 amide bonds. The summed E-state index contributed by atoms with van der Waals surface area (Å²) in [6.07, 6.45) is 0.455. The van der Waals surface area contributed by atoms with Crippen molar-refractivity contribution in [3.63, 3.8) is 0 Å². The summed E-state index contributed by atoms with van der Waals surface area (Å²) in [5.41, 5.74) is 0. The van der Waals surface area contributed by atoms with E-state index in [1.54, 1.807) is 11.3 Å². The Bertz CT molecular complexity index is 575. The Kier molecular flexibility index (Phi) is 3.28. The van der Waals surface area contributed by atoms with Gasteiger partial charge >= 0.3 is 0 Å². The number of anilines is 2. The monoisotopic (exact) mass is 278 g/mol. The van der Waals surface area contributed by atoms with Crippen molar-refractivity contribution in [2.45, 2.75) is 26.1 Å². The van der Waals surface area contributed by atoms with E-state index < -0.39 is 0 Å². The van der Waals surface area contributed by atoms with Gasteiger partial charge in [0.1, 0.15) is 10.6 Å². The molecule has 0 bridgehead atoms. The summed E-state index contributed by atoms with van der Waals surface area (Å²) in [4.78, 5) is 12.5. The zero-order valence-electron chi connectivity index (χ0n) is 11.4. The van der Waals surface area contributed by atoms with Crippen LogP contribution >= 0.6 is 11.3 Å². The molecule has 0 radical (unpaired) electrons. The lowest BCUT2D eigenvalue weighted by Gasteiger charge is -2.36. The van der Waals surface area contributed by atoms with Crippen LogP contribution in [-0.2, 0) is 4.74 Å². The number of aromatic nitrogens is 2. The van der Waals surface area contributed by atoms with E-state index in [1.807, 2.05) is 7.05 Å². The summed E-state index contributed by atoms with van der Waals surface area (Å²) < 4.78 is 5.79. The van der Waals surface area contributed by atoms with E-state index in [9.17, 15) is 0 Å². The fourth-order valence-corrected chi connectivity index (χ4v) is 3.30. The van der Waals surface area contributed by atoms with Crippen LogP contribution in [0.5, 0.6) is 0 Å². The van der Waals surface area contributed by atoms with E-state index in [4.69, 9.17) is 4.74 Å². The van der Waals surface area contributed by atoms with Gasteiger partial charge < -0.3 is 15.0 Å². The van der Waals surface area contributed by atoms with Gasteiger partial charge in [0.05, 0.1) is 17.6 Å². The second-order valence-corrected chi connectivity index (χ2v) is 5.82. The van der Waals surface area contributed by atoms with Gasteiger partial charge in [0, 0.05) is 20.1 Å². The first-order chi connectivity index (χ1) is 9.17. The summed E-state index contributed by atoms with van der Waals surface area (Å²) in [6, 6.07) is 2.10. The van der Waals surface area contributed by atoms with Crippen molar-refractivity contribution in [1.29, 1.82) is 0 Å². The third-order valence-electron chi connectivity index (χ3n) is 3.25. The summed E-state index contributed by atoms with van der Waals surface area (Å²) in [6.45, 7) is 5.95. The first-order valence-corrected chi connectivity index (χ1v) is 7.38. The van der Waals surface area contributed by atoms with Gasteiger partial charge in [0.15, 0.2) is 0 Å². The van der Waals surface area contributed by atoms with E-state index in [0.29, 0.717) is 5.95 Å². The van der Waals surface area contributed by atoms with Crippen molar-refractivity contribution in [2.24, 2.45) is 0 Å². The molecule has 1 saturated heterocycles. The minimum absolute atomic E-state index is 0.227. The van der Waals surface area contributed by atoms with Crippen molar-refractivity contribution >= 4 is 33.3 Å². The SMILES string of the molecule is CNc1nc(N2C[C@@H](C)O[C@@H](C)C2)c2ccsc2n1. The van der Waals surface area contributed by atoms with E-state index in [2.05, 4.69) is 45.5 Å². The normalized spacial score (nSPS) is 23.8. The molecule has 0 spiro atoms. The number of hydrogen-bond acceptors (Lipinski definition) is 6. The zero-order chi connectivity index (χ0) is 13.4. The lowest BCUT2D eigenvalue weighted by molar-refractivity contribution is -0.00536. The molecule has 2 aromatic rings. The van der Waals surface area contributed by atoms with Crippen molar-refractivity contribution in [3.05, 3.63) is 11.4 Å². The van der Waals surface area contributed by atoms with Crippen LogP contribution in [0.15, 0.2) is 11.4 Å². The molecule has 3 rings (SSSR count). The number of nitrogens with one attached hydrogen (secondary N) is 1. The summed E-state index contributed by atoms with van der Waals surface area (Å²) >= 11 is 1.65. The van der Waals surface area contributed by atoms with Crippen LogP contribution in [0.1, 0.15) is 13.8 Å². The number of ether oxygens (including phenoxy) is 1. The van der Waals surface area contributed by atoms with Crippen LogP contribution in [0.25, 0.3) is 10.2 Å². The topological polar surface area (TPSA) is 50.3 Å². The average Bonchev–Trinajstić information content (AvgIpc) is 2.84. The van der Waals surface area contributed by atoms with Gasteiger partial charge in [-0.1, -0.05) is 0 Å². The minimum Gasteiger partial charge on any atom is -0.372 e. The Morgan fingerprint density at radius 3 is 2.74 bits per heavy atom. The zero-order valence-corrected chi connectivity index (χ0v) is 12.2. The quantitative estimate of drug-likeness (QED) is 0.914. The molecule has 1 aliphatic rings. The molecule has 5 nitrogen and oxygen atoms in total. The molecular weight excluding hydrogens is 260 g/mol. The van der Waals surface area contributed by atoms with Crippen LogP contribution in [0.4, 0.5) is 11.8 Å². The van der Waals surface area contributed by atoms with Gasteiger partial charge in [-0.2, -0.15) is 4.98 Å². The van der Waals surface area contributed by atoms with Crippen LogP contribution in [0.2, 0.25) is 0 Å². The second-order valence-electron chi connectivity index (χ2n) is 4.92. The molecule has 6 heteroatoms. The third-order valence-corrected chi connectivity index (χ3v) is 4.05. The Morgan fingerprint density at radius 2 is 2.05 bits per heavy atom. The molecule has 1 N–H and O–H groups in total. The van der Waals surface area contributed by atoms with Crippen LogP contribution in [-0.4, -0.2) is 42.3 Å². The molecule has 0 saturated carbocycles. The molecule has 102 valence electrons. The van der Waals surface area contributed by atoms with Crippen molar-refractivity contribution in [1.82, 2.24) is 9.97 Å². The Balaban J connectivity index is 2.05. The van der Waals surface area contributed by atoms with E-state index >= 15 is 0 Å². The number of fused-ring (bicyclic) bond motifs is 1. The van der Waals surface area contributed by atoms with Crippen molar-refractivity contribution in [2.75, 3.05) is 30.4 Å². The minimum atomic E-state index is 0.227. The maximum absolute atomic E-state index is 5.79. The molecule has 0 unspecified atom stereocenters.